The Labute approximate surface area is 72.2 Å². The highest BCUT2D eigenvalue weighted by Gasteiger charge is 2.49. The van der Waals surface area contributed by atoms with E-state index in [4.69, 9.17) is 5.11 Å². The summed E-state index contributed by atoms with van der Waals surface area (Å²) in [6.45, 7) is 0.878. The van der Waals surface area contributed by atoms with Gasteiger partial charge in [0.05, 0.1) is 0 Å². The number of rotatable bonds is 2. The predicted octanol–water partition coefficient (Wildman–Crippen LogP) is 0.993. The molecular weight excluding hydrogens is 154 g/mol. The molecule has 12 heavy (non-hydrogen) atoms. The summed E-state index contributed by atoms with van der Waals surface area (Å²) in [5.74, 6) is -0.234. The van der Waals surface area contributed by atoms with Gasteiger partial charge < -0.3 is 10.4 Å². The molecule has 0 unspecified atom stereocenters. The van der Waals surface area contributed by atoms with Crippen molar-refractivity contribution in [2.24, 2.45) is 5.92 Å². The molecular formula is C9H15NO2. The van der Waals surface area contributed by atoms with Gasteiger partial charge in [-0.15, -0.1) is 0 Å². The predicted molar refractivity (Wildman–Crippen MR) is 44.9 cm³/mol. The van der Waals surface area contributed by atoms with Crippen molar-refractivity contribution < 1.29 is 9.90 Å². The van der Waals surface area contributed by atoms with Crippen molar-refractivity contribution in [2.75, 3.05) is 6.54 Å². The molecule has 3 nitrogen and oxygen atoms in total. The van der Waals surface area contributed by atoms with Gasteiger partial charge in [0.25, 0.3) is 0 Å². The fourth-order valence-corrected chi connectivity index (χ4v) is 2.37. The number of carboxylic acid groups (broad SMARTS) is 1. The number of hydrogen-bond acceptors (Lipinski definition) is 2. The molecule has 0 aromatic carbocycles. The molecule has 0 aromatic rings. The Hall–Kier alpha value is -0.570. The lowest BCUT2D eigenvalue weighted by Gasteiger charge is -2.39. The third-order valence-corrected chi connectivity index (χ3v) is 3.37. The van der Waals surface area contributed by atoms with E-state index in [0.29, 0.717) is 5.92 Å². The highest BCUT2D eigenvalue weighted by Crippen LogP contribution is 2.40. The first-order chi connectivity index (χ1) is 5.76. The molecule has 0 aromatic heterocycles. The maximum Gasteiger partial charge on any atom is 0.324 e. The lowest BCUT2D eigenvalue weighted by Crippen LogP contribution is -2.55. The molecule has 2 aliphatic rings. The zero-order chi connectivity index (χ0) is 8.60. The van der Waals surface area contributed by atoms with Crippen molar-refractivity contribution in [3.05, 3.63) is 0 Å². The van der Waals surface area contributed by atoms with Crippen LogP contribution in [0.3, 0.4) is 0 Å². The SMILES string of the molecule is O=C(O)[C@@]1(C2CCC2)CCCN1. The second-order valence-electron chi connectivity index (χ2n) is 3.93. The minimum atomic E-state index is -0.635. The van der Waals surface area contributed by atoms with E-state index < -0.39 is 11.5 Å². The molecule has 0 amide bonds. The molecule has 1 aliphatic heterocycles. The summed E-state index contributed by atoms with van der Waals surface area (Å²) in [6, 6.07) is 0. The van der Waals surface area contributed by atoms with E-state index in [1.165, 1.54) is 6.42 Å². The molecule has 0 spiro atoms. The summed E-state index contributed by atoms with van der Waals surface area (Å²) >= 11 is 0. The van der Waals surface area contributed by atoms with Gasteiger partial charge >= 0.3 is 5.97 Å². The number of carbonyl (C=O) groups is 1. The van der Waals surface area contributed by atoms with Crippen LogP contribution in [0.2, 0.25) is 0 Å². The van der Waals surface area contributed by atoms with Crippen LogP contribution in [0.15, 0.2) is 0 Å². The Kier molecular flexibility index (Phi) is 1.83. The third kappa shape index (κ3) is 0.959. The van der Waals surface area contributed by atoms with E-state index in [2.05, 4.69) is 5.32 Å². The molecule has 1 saturated carbocycles. The van der Waals surface area contributed by atoms with Gasteiger partial charge in [0.15, 0.2) is 0 Å². The van der Waals surface area contributed by atoms with Crippen LogP contribution in [0.4, 0.5) is 0 Å². The van der Waals surface area contributed by atoms with Crippen LogP contribution in [0, 0.1) is 5.92 Å². The largest absolute Gasteiger partial charge is 0.480 e. The van der Waals surface area contributed by atoms with Gasteiger partial charge in [-0.2, -0.15) is 0 Å². The Morgan fingerprint density at radius 1 is 1.42 bits per heavy atom. The Morgan fingerprint density at radius 2 is 2.17 bits per heavy atom. The summed E-state index contributed by atoms with van der Waals surface area (Å²) in [4.78, 5) is 11.1. The second kappa shape index (κ2) is 2.73. The van der Waals surface area contributed by atoms with Gasteiger partial charge in [-0.05, 0) is 38.1 Å². The van der Waals surface area contributed by atoms with Crippen LogP contribution in [0.1, 0.15) is 32.1 Å². The van der Waals surface area contributed by atoms with Gasteiger partial charge in [-0.1, -0.05) is 6.42 Å². The summed E-state index contributed by atoms with van der Waals surface area (Å²) in [6.07, 6.45) is 5.25. The van der Waals surface area contributed by atoms with E-state index in [0.717, 1.165) is 32.2 Å². The van der Waals surface area contributed by atoms with Gasteiger partial charge in [0.1, 0.15) is 5.54 Å². The summed E-state index contributed by atoms with van der Waals surface area (Å²) < 4.78 is 0. The summed E-state index contributed by atoms with van der Waals surface area (Å²) in [7, 11) is 0. The quantitative estimate of drug-likeness (QED) is 0.648. The van der Waals surface area contributed by atoms with Crippen molar-refractivity contribution in [3.8, 4) is 0 Å². The first kappa shape index (κ1) is 8.05. The molecule has 1 heterocycles. The lowest BCUT2D eigenvalue weighted by molar-refractivity contribution is -0.148. The third-order valence-electron chi connectivity index (χ3n) is 3.37. The molecule has 2 fully saturated rings. The number of hydrogen-bond donors (Lipinski definition) is 2. The zero-order valence-electron chi connectivity index (χ0n) is 7.18. The zero-order valence-corrected chi connectivity index (χ0v) is 7.18. The fourth-order valence-electron chi connectivity index (χ4n) is 2.37. The van der Waals surface area contributed by atoms with E-state index in [1.54, 1.807) is 0 Å². The first-order valence-electron chi connectivity index (χ1n) is 4.74. The minimum Gasteiger partial charge on any atom is -0.480 e. The lowest BCUT2D eigenvalue weighted by atomic mass is 9.70. The molecule has 1 atom stereocenters. The molecule has 1 saturated heterocycles. The second-order valence-corrected chi connectivity index (χ2v) is 3.93. The van der Waals surface area contributed by atoms with Crippen LogP contribution in [0.25, 0.3) is 0 Å². The van der Waals surface area contributed by atoms with Crippen LogP contribution < -0.4 is 5.32 Å². The smallest absolute Gasteiger partial charge is 0.324 e. The maximum absolute atomic E-state index is 11.1. The van der Waals surface area contributed by atoms with Crippen molar-refractivity contribution in [1.82, 2.24) is 5.32 Å². The number of nitrogens with one attached hydrogen (secondary N) is 1. The molecule has 68 valence electrons. The summed E-state index contributed by atoms with van der Waals surface area (Å²) in [5, 5.41) is 12.3. The van der Waals surface area contributed by atoms with Crippen LogP contribution in [-0.2, 0) is 4.79 Å². The van der Waals surface area contributed by atoms with E-state index in [-0.39, 0.29) is 0 Å². The molecule has 2 rings (SSSR count). The van der Waals surface area contributed by atoms with Crippen LogP contribution >= 0.6 is 0 Å². The van der Waals surface area contributed by atoms with Gasteiger partial charge in [-0.25, -0.2) is 0 Å². The standard InChI is InChI=1S/C9H15NO2/c11-8(12)9(5-2-6-10-9)7-3-1-4-7/h7,10H,1-6H2,(H,11,12)/t9-/m0/s1. The van der Waals surface area contributed by atoms with Crippen molar-refractivity contribution in [2.45, 2.75) is 37.6 Å². The van der Waals surface area contributed by atoms with Gasteiger partial charge in [0.2, 0.25) is 0 Å². The van der Waals surface area contributed by atoms with Crippen molar-refractivity contribution in [1.29, 1.82) is 0 Å². The summed E-state index contributed by atoms with van der Waals surface area (Å²) in [5.41, 5.74) is -0.543. The Morgan fingerprint density at radius 3 is 2.50 bits per heavy atom. The van der Waals surface area contributed by atoms with E-state index in [1.807, 2.05) is 0 Å². The van der Waals surface area contributed by atoms with Gasteiger partial charge in [0, 0.05) is 0 Å². The minimum absolute atomic E-state index is 0.400. The molecule has 0 radical (unpaired) electrons. The molecule has 0 bridgehead atoms. The highest BCUT2D eigenvalue weighted by molar-refractivity contribution is 5.79. The fraction of sp³-hybridized carbons (Fsp3) is 0.889. The normalized spacial score (nSPS) is 36.3. The Balaban J connectivity index is 2.14. The number of carboxylic acids is 1. The van der Waals surface area contributed by atoms with Crippen LogP contribution in [0.5, 0.6) is 0 Å². The maximum atomic E-state index is 11.1. The van der Waals surface area contributed by atoms with E-state index in [9.17, 15) is 4.79 Å². The highest BCUT2D eigenvalue weighted by atomic mass is 16.4. The monoisotopic (exact) mass is 169 g/mol. The number of aliphatic carboxylic acids is 1. The molecule has 3 heteroatoms. The topological polar surface area (TPSA) is 49.3 Å². The van der Waals surface area contributed by atoms with Gasteiger partial charge in [-0.3, -0.25) is 4.79 Å². The van der Waals surface area contributed by atoms with Crippen molar-refractivity contribution >= 4 is 5.97 Å². The average molecular weight is 169 g/mol. The van der Waals surface area contributed by atoms with E-state index >= 15 is 0 Å². The van der Waals surface area contributed by atoms with Crippen molar-refractivity contribution in [3.63, 3.8) is 0 Å². The first-order valence-corrected chi connectivity index (χ1v) is 4.74. The molecule has 2 N–H and O–H groups in total. The molecule has 1 aliphatic carbocycles. The average Bonchev–Trinajstić information content (AvgIpc) is 2.33. The van der Waals surface area contributed by atoms with Crippen LogP contribution in [-0.4, -0.2) is 23.2 Å². The Bertz CT molecular complexity index is 193.